The summed E-state index contributed by atoms with van der Waals surface area (Å²) in [5.74, 6) is 1.21. The van der Waals surface area contributed by atoms with E-state index >= 15 is 0 Å². The minimum atomic E-state index is -0.380. The van der Waals surface area contributed by atoms with E-state index in [0.29, 0.717) is 11.8 Å². The van der Waals surface area contributed by atoms with Gasteiger partial charge in [-0.25, -0.2) is 4.39 Å². The van der Waals surface area contributed by atoms with Gasteiger partial charge < -0.3 is 4.74 Å². The Hall–Kier alpha value is -0.630. The summed E-state index contributed by atoms with van der Waals surface area (Å²) in [6.45, 7) is 10.4. The van der Waals surface area contributed by atoms with Gasteiger partial charge in [0.05, 0.1) is 5.60 Å². The number of rotatable bonds is 9. The molecule has 0 aliphatic carbocycles. The molecule has 0 N–H and O–H groups in total. The van der Waals surface area contributed by atoms with E-state index in [9.17, 15) is 4.39 Å². The normalized spacial score (nSPS) is 16.9. The highest BCUT2D eigenvalue weighted by Crippen LogP contribution is 2.26. The first-order valence-electron chi connectivity index (χ1n) is 7.27. The van der Waals surface area contributed by atoms with Crippen molar-refractivity contribution in [2.24, 2.45) is 11.8 Å². The first-order chi connectivity index (χ1) is 8.83. The third-order valence-electron chi connectivity index (χ3n) is 4.12. The number of ether oxygens (including phenoxy) is 1. The van der Waals surface area contributed by atoms with Crippen LogP contribution in [0.25, 0.3) is 0 Å². The lowest BCUT2D eigenvalue weighted by atomic mass is 9.85. The molecule has 2 heteroatoms. The molecule has 0 rings (SSSR count). The molecule has 0 bridgehead atoms. The van der Waals surface area contributed by atoms with Crippen LogP contribution in [-0.2, 0) is 4.74 Å². The summed E-state index contributed by atoms with van der Waals surface area (Å²) in [4.78, 5) is 0. The van der Waals surface area contributed by atoms with Gasteiger partial charge in [-0.2, -0.15) is 0 Å². The Kier molecular flexibility index (Phi) is 8.99. The molecule has 0 saturated heterocycles. The van der Waals surface area contributed by atoms with Gasteiger partial charge in [0.2, 0.25) is 0 Å². The van der Waals surface area contributed by atoms with Crippen molar-refractivity contribution in [3.8, 4) is 0 Å². The van der Waals surface area contributed by atoms with Gasteiger partial charge in [-0.15, -0.1) is 0 Å². The van der Waals surface area contributed by atoms with E-state index < -0.39 is 0 Å². The van der Waals surface area contributed by atoms with E-state index in [0.717, 1.165) is 12.0 Å². The smallest absolute Gasteiger partial charge is 0.108 e. The van der Waals surface area contributed by atoms with Gasteiger partial charge in [-0.3, -0.25) is 0 Å². The van der Waals surface area contributed by atoms with E-state index in [1.807, 2.05) is 13.0 Å². The predicted molar refractivity (Wildman–Crippen MR) is 82.1 cm³/mol. The minimum Gasteiger partial charge on any atom is -0.379 e. The maximum Gasteiger partial charge on any atom is 0.108 e. The van der Waals surface area contributed by atoms with E-state index in [2.05, 4.69) is 33.8 Å². The molecule has 1 nitrogen and oxygen atoms in total. The Labute approximate surface area is 118 Å². The van der Waals surface area contributed by atoms with Crippen LogP contribution < -0.4 is 0 Å². The Morgan fingerprint density at radius 3 is 2.42 bits per heavy atom. The lowest BCUT2D eigenvalue weighted by Gasteiger charge is -2.31. The van der Waals surface area contributed by atoms with Crippen molar-refractivity contribution in [3.63, 3.8) is 0 Å². The summed E-state index contributed by atoms with van der Waals surface area (Å²) in [5.41, 5.74) is 0.958. The van der Waals surface area contributed by atoms with Crippen LogP contribution in [0.15, 0.2) is 23.8 Å². The molecule has 0 radical (unpaired) electrons. The highest BCUT2D eigenvalue weighted by Gasteiger charge is 2.24. The van der Waals surface area contributed by atoms with Crippen LogP contribution in [0.2, 0.25) is 0 Å². The zero-order valence-electron chi connectivity index (χ0n) is 13.5. The van der Waals surface area contributed by atoms with Gasteiger partial charge in [0.1, 0.15) is 6.67 Å². The molecule has 2 atom stereocenters. The predicted octanol–water partition coefficient (Wildman–Crippen LogP) is 5.33. The molecule has 0 aromatic heterocycles. The first-order valence-corrected chi connectivity index (χ1v) is 7.27. The molecule has 0 aromatic rings. The topological polar surface area (TPSA) is 9.23 Å². The third kappa shape index (κ3) is 8.20. The van der Waals surface area contributed by atoms with E-state index in [1.54, 1.807) is 13.2 Å². The van der Waals surface area contributed by atoms with Crippen molar-refractivity contribution in [1.29, 1.82) is 0 Å². The molecule has 0 amide bonds. The van der Waals surface area contributed by atoms with Gasteiger partial charge in [-0.1, -0.05) is 44.1 Å². The van der Waals surface area contributed by atoms with Gasteiger partial charge >= 0.3 is 0 Å². The van der Waals surface area contributed by atoms with Gasteiger partial charge in [0.25, 0.3) is 0 Å². The van der Waals surface area contributed by atoms with Crippen LogP contribution in [0.5, 0.6) is 0 Å². The number of hydrogen-bond acceptors (Lipinski definition) is 1. The Morgan fingerprint density at radius 2 is 1.89 bits per heavy atom. The molecule has 0 heterocycles. The van der Waals surface area contributed by atoms with E-state index in [-0.39, 0.29) is 12.3 Å². The van der Waals surface area contributed by atoms with Gasteiger partial charge in [0, 0.05) is 7.11 Å². The molecule has 0 aromatic carbocycles. The Bertz CT molecular complexity index is 292. The Balaban J connectivity index is 4.00. The second-order valence-electron chi connectivity index (χ2n) is 6.13. The summed E-state index contributed by atoms with van der Waals surface area (Å²) in [7, 11) is 1.78. The molecule has 0 saturated carbocycles. The molecule has 0 spiro atoms. The maximum absolute atomic E-state index is 12.1. The quantitative estimate of drug-likeness (QED) is 0.515. The van der Waals surface area contributed by atoms with Crippen molar-refractivity contribution >= 4 is 0 Å². The van der Waals surface area contributed by atoms with Gasteiger partial charge in [0.15, 0.2) is 0 Å². The van der Waals surface area contributed by atoms with Crippen LogP contribution in [0, 0.1) is 11.8 Å². The fourth-order valence-corrected chi connectivity index (χ4v) is 1.88. The fourth-order valence-electron chi connectivity index (χ4n) is 1.88. The standard InChI is InChI=1S/C17H31FO/c1-14(8-7-9-15(2)12-13-18)10-11-16(3)17(4,5)19-6/h7,9,12,14,16H,8,10-11,13H2,1-6H3. The number of allylic oxidation sites excluding steroid dienone is 4. The van der Waals surface area contributed by atoms with Crippen LogP contribution in [0.3, 0.4) is 0 Å². The summed E-state index contributed by atoms with van der Waals surface area (Å²) in [5, 5.41) is 0. The zero-order chi connectivity index (χ0) is 14.9. The van der Waals surface area contributed by atoms with Crippen LogP contribution >= 0.6 is 0 Å². The summed E-state index contributed by atoms with van der Waals surface area (Å²) < 4.78 is 17.6. The highest BCUT2D eigenvalue weighted by molar-refractivity contribution is 5.15. The SMILES string of the molecule is COC(C)(C)C(C)CCC(C)CC=CC(C)=CCF. The lowest BCUT2D eigenvalue weighted by Crippen LogP contribution is -2.31. The van der Waals surface area contributed by atoms with Crippen LogP contribution in [-0.4, -0.2) is 19.4 Å². The van der Waals surface area contributed by atoms with Crippen molar-refractivity contribution in [2.75, 3.05) is 13.8 Å². The van der Waals surface area contributed by atoms with Crippen LogP contribution in [0.1, 0.15) is 53.9 Å². The zero-order valence-corrected chi connectivity index (χ0v) is 13.5. The number of halogens is 1. The number of alkyl halides is 1. The number of hydrogen-bond donors (Lipinski definition) is 0. The maximum atomic E-state index is 12.1. The van der Waals surface area contributed by atoms with Gasteiger partial charge in [-0.05, 0) is 45.4 Å². The van der Waals surface area contributed by atoms with Crippen molar-refractivity contribution < 1.29 is 9.13 Å². The Morgan fingerprint density at radius 1 is 1.26 bits per heavy atom. The number of methoxy groups -OCH3 is 1. The molecule has 2 unspecified atom stereocenters. The monoisotopic (exact) mass is 270 g/mol. The van der Waals surface area contributed by atoms with E-state index in [4.69, 9.17) is 4.74 Å². The van der Waals surface area contributed by atoms with Crippen LogP contribution in [0.4, 0.5) is 4.39 Å². The van der Waals surface area contributed by atoms with E-state index in [1.165, 1.54) is 12.8 Å². The largest absolute Gasteiger partial charge is 0.379 e. The third-order valence-corrected chi connectivity index (χ3v) is 4.12. The van der Waals surface area contributed by atoms with Crippen molar-refractivity contribution in [1.82, 2.24) is 0 Å². The molecule has 0 aliphatic rings. The molecular formula is C17H31FO. The second-order valence-corrected chi connectivity index (χ2v) is 6.13. The summed E-state index contributed by atoms with van der Waals surface area (Å²) in [6.07, 6.45) is 9.19. The second kappa shape index (κ2) is 9.30. The first kappa shape index (κ1) is 18.4. The lowest BCUT2D eigenvalue weighted by molar-refractivity contribution is -0.0259. The van der Waals surface area contributed by atoms with Crippen molar-refractivity contribution in [2.45, 2.75) is 59.5 Å². The molecule has 0 aliphatic heterocycles. The molecule has 112 valence electrons. The summed E-state index contributed by atoms with van der Waals surface area (Å²) in [6, 6.07) is 0. The molecule has 0 fully saturated rings. The minimum absolute atomic E-state index is 0.0456. The summed E-state index contributed by atoms with van der Waals surface area (Å²) >= 11 is 0. The fraction of sp³-hybridized carbons (Fsp3) is 0.765. The highest BCUT2D eigenvalue weighted by atomic mass is 19.1. The average molecular weight is 270 g/mol. The molecule has 19 heavy (non-hydrogen) atoms. The molecular weight excluding hydrogens is 239 g/mol. The average Bonchev–Trinajstić information content (AvgIpc) is 2.36. The van der Waals surface area contributed by atoms with Crippen molar-refractivity contribution in [3.05, 3.63) is 23.8 Å².